The highest BCUT2D eigenvalue weighted by Crippen LogP contribution is 2.21. The molecule has 1 unspecified atom stereocenters. The normalized spacial score (nSPS) is 15.3. The van der Waals surface area contributed by atoms with Gasteiger partial charge in [-0.25, -0.2) is 9.38 Å². The van der Waals surface area contributed by atoms with Gasteiger partial charge in [-0.3, -0.25) is 9.69 Å². The summed E-state index contributed by atoms with van der Waals surface area (Å²) in [6.07, 6.45) is 0. The average Bonchev–Trinajstić information content (AvgIpc) is 2.84. The van der Waals surface area contributed by atoms with Crippen LogP contribution >= 0.6 is 24.0 Å². The van der Waals surface area contributed by atoms with Crippen molar-refractivity contribution in [1.29, 1.82) is 0 Å². The molecule has 0 aliphatic carbocycles. The van der Waals surface area contributed by atoms with Crippen LogP contribution in [0.5, 0.6) is 0 Å². The molecule has 0 radical (unpaired) electrons. The molecule has 0 saturated carbocycles. The molecule has 0 aromatic heterocycles. The first-order valence-electron chi connectivity index (χ1n) is 11.0. The van der Waals surface area contributed by atoms with E-state index in [2.05, 4.69) is 20.9 Å². The van der Waals surface area contributed by atoms with Crippen molar-refractivity contribution in [3.05, 3.63) is 71.0 Å². The van der Waals surface area contributed by atoms with Crippen molar-refractivity contribution in [3.8, 4) is 0 Å². The van der Waals surface area contributed by atoms with E-state index in [0.717, 1.165) is 30.8 Å². The quantitative estimate of drug-likeness (QED) is 0.259. The van der Waals surface area contributed by atoms with E-state index < -0.39 is 0 Å². The van der Waals surface area contributed by atoms with Gasteiger partial charge in [-0.2, -0.15) is 0 Å². The van der Waals surface area contributed by atoms with Crippen molar-refractivity contribution in [2.75, 3.05) is 46.4 Å². The first-order chi connectivity index (χ1) is 15.6. The third-order valence-electron chi connectivity index (χ3n) is 5.38. The predicted molar refractivity (Wildman–Crippen MR) is 140 cm³/mol. The molecule has 1 fully saturated rings. The van der Waals surface area contributed by atoms with Crippen molar-refractivity contribution < 1.29 is 13.9 Å². The van der Waals surface area contributed by atoms with Crippen molar-refractivity contribution in [2.24, 2.45) is 4.99 Å². The second-order valence-corrected chi connectivity index (χ2v) is 7.57. The summed E-state index contributed by atoms with van der Waals surface area (Å²) < 4.78 is 19.0. The van der Waals surface area contributed by atoms with Crippen molar-refractivity contribution in [3.63, 3.8) is 0 Å². The summed E-state index contributed by atoms with van der Waals surface area (Å²) in [5.74, 6) is 0.336. The number of rotatable bonds is 8. The van der Waals surface area contributed by atoms with Crippen LogP contribution in [0, 0.1) is 5.82 Å². The van der Waals surface area contributed by atoms with E-state index in [1.54, 1.807) is 13.1 Å². The molecule has 1 aliphatic heterocycles. The number of hydrogen-bond donors (Lipinski definition) is 3. The molecule has 3 N–H and O–H groups in total. The van der Waals surface area contributed by atoms with Crippen LogP contribution in [0.2, 0.25) is 0 Å². The van der Waals surface area contributed by atoms with Gasteiger partial charge in [-0.15, -0.1) is 24.0 Å². The monoisotopic (exact) mass is 569 g/mol. The van der Waals surface area contributed by atoms with E-state index >= 15 is 0 Å². The van der Waals surface area contributed by atoms with Gasteiger partial charge >= 0.3 is 0 Å². The fourth-order valence-corrected chi connectivity index (χ4v) is 3.69. The molecule has 33 heavy (non-hydrogen) atoms. The van der Waals surface area contributed by atoms with E-state index in [1.807, 2.05) is 37.3 Å². The predicted octanol–water partition coefficient (Wildman–Crippen LogP) is 2.93. The third-order valence-corrected chi connectivity index (χ3v) is 5.38. The van der Waals surface area contributed by atoms with Gasteiger partial charge in [0.25, 0.3) is 5.91 Å². The number of ether oxygens (including phenoxy) is 1. The summed E-state index contributed by atoms with van der Waals surface area (Å²) in [4.78, 5) is 18.9. The number of hydrogen-bond acceptors (Lipinski definition) is 4. The smallest absolute Gasteiger partial charge is 0.251 e. The van der Waals surface area contributed by atoms with Gasteiger partial charge in [0.1, 0.15) is 5.82 Å². The van der Waals surface area contributed by atoms with Gasteiger partial charge in [0.15, 0.2) is 5.96 Å². The lowest BCUT2D eigenvalue weighted by atomic mass is 10.0. The first kappa shape index (κ1) is 27.0. The minimum atomic E-state index is -0.240. The topological polar surface area (TPSA) is 78.0 Å². The number of carbonyl (C=O) groups is 1. The minimum absolute atomic E-state index is 0. The Hall–Kier alpha value is -2.24. The molecule has 2 aromatic rings. The molecular weight excluding hydrogens is 536 g/mol. The second kappa shape index (κ2) is 14.1. The number of nitrogens with one attached hydrogen (secondary N) is 3. The number of amides is 1. The number of nitrogens with zero attached hydrogens (tertiary/aromatic N) is 2. The van der Waals surface area contributed by atoms with Gasteiger partial charge in [0.05, 0.1) is 25.8 Å². The lowest BCUT2D eigenvalue weighted by molar-refractivity contribution is 0.0170. The van der Waals surface area contributed by atoms with Crippen molar-refractivity contribution in [1.82, 2.24) is 20.9 Å². The number of halogens is 2. The maximum absolute atomic E-state index is 13.5. The van der Waals surface area contributed by atoms with E-state index in [0.29, 0.717) is 37.8 Å². The van der Waals surface area contributed by atoms with Gasteiger partial charge in [-0.1, -0.05) is 24.3 Å². The zero-order valence-corrected chi connectivity index (χ0v) is 21.5. The van der Waals surface area contributed by atoms with Crippen LogP contribution < -0.4 is 16.0 Å². The zero-order chi connectivity index (χ0) is 22.8. The Kier molecular flexibility index (Phi) is 11.6. The lowest BCUT2D eigenvalue weighted by Gasteiger charge is -2.35. The third kappa shape index (κ3) is 8.24. The van der Waals surface area contributed by atoms with Crippen LogP contribution in [0.1, 0.15) is 34.5 Å². The molecule has 9 heteroatoms. The lowest BCUT2D eigenvalue weighted by Crippen LogP contribution is -2.46. The number of guanidine groups is 1. The number of carbonyl (C=O) groups excluding carboxylic acids is 1. The Labute approximate surface area is 212 Å². The van der Waals surface area contributed by atoms with Crippen LogP contribution in [0.3, 0.4) is 0 Å². The summed E-state index contributed by atoms with van der Waals surface area (Å²) in [7, 11) is 1.62. The maximum atomic E-state index is 13.5. The Bertz CT molecular complexity index is 904. The minimum Gasteiger partial charge on any atom is -0.379 e. The molecule has 180 valence electrons. The summed E-state index contributed by atoms with van der Waals surface area (Å²) >= 11 is 0. The largest absolute Gasteiger partial charge is 0.379 e. The number of morpholine rings is 1. The van der Waals surface area contributed by atoms with Crippen LogP contribution in [0.25, 0.3) is 0 Å². The summed E-state index contributed by atoms with van der Waals surface area (Å²) in [5, 5.41) is 9.35. The van der Waals surface area contributed by atoms with Crippen LogP contribution in [0.15, 0.2) is 53.5 Å². The highest BCUT2D eigenvalue weighted by atomic mass is 127. The highest BCUT2D eigenvalue weighted by molar-refractivity contribution is 14.0. The molecule has 3 rings (SSSR count). The van der Waals surface area contributed by atoms with Gasteiger partial charge in [-0.05, 0) is 42.3 Å². The number of benzene rings is 2. The molecule has 1 saturated heterocycles. The molecule has 2 aromatic carbocycles. The average molecular weight is 569 g/mol. The zero-order valence-electron chi connectivity index (χ0n) is 19.1. The van der Waals surface area contributed by atoms with Gasteiger partial charge in [0.2, 0.25) is 0 Å². The van der Waals surface area contributed by atoms with Gasteiger partial charge in [0, 0.05) is 38.8 Å². The number of aliphatic imine (C=N–C) groups is 1. The maximum Gasteiger partial charge on any atom is 0.251 e. The standard InChI is InChI=1S/C24H32FN5O2.HI/c1-3-27-24(28-16-18-5-4-6-20(15-18)23(31)26-2)29-17-22(30-11-13-32-14-12-30)19-7-9-21(25)10-8-19;/h4-10,15,22H,3,11-14,16-17H2,1-2H3,(H,26,31)(H2,27,28,29);1H. The van der Waals surface area contributed by atoms with E-state index in [-0.39, 0.29) is 41.7 Å². The van der Waals surface area contributed by atoms with E-state index in [1.165, 1.54) is 12.1 Å². The summed E-state index contributed by atoms with van der Waals surface area (Å²) in [6.45, 7) is 6.83. The second-order valence-electron chi connectivity index (χ2n) is 7.57. The Balaban J connectivity index is 0.00000385. The Morgan fingerprint density at radius 3 is 2.55 bits per heavy atom. The SMILES string of the molecule is CCNC(=NCc1cccc(C(=O)NC)c1)NCC(c1ccc(F)cc1)N1CCOCC1.I. The molecule has 1 aliphatic rings. The molecule has 0 spiro atoms. The van der Waals surface area contributed by atoms with Gasteiger partial charge < -0.3 is 20.7 Å². The Morgan fingerprint density at radius 1 is 1.15 bits per heavy atom. The summed E-state index contributed by atoms with van der Waals surface area (Å²) in [5.41, 5.74) is 2.61. The molecule has 1 heterocycles. The van der Waals surface area contributed by atoms with Crippen LogP contribution in [-0.4, -0.2) is 63.2 Å². The molecule has 1 amide bonds. The van der Waals surface area contributed by atoms with Crippen molar-refractivity contribution >= 4 is 35.8 Å². The molecular formula is C24H33FIN5O2. The highest BCUT2D eigenvalue weighted by Gasteiger charge is 2.23. The van der Waals surface area contributed by atoms with E-state index in [4.69, 9.17) is 9.73 Å². The first-order valence-corrected chi connectivity index (χ1v) is 11.0. The van der Waals surface area contributed by atoms with Crippen LogP contribution in [0.4, 0.5) is 4.39 Å². The molecule has 7 nitrogen and oxygen atoms in total. The molecule has 1 atom stereocenters. The molecule has 0 bridgehead atoms. The summed E-state index contributed by atoms with van der Waals surface area (Å²) in [6, 6.07) is 14.2. The fourth-order valence-electron chi connectivity index (χ4n) is 3.69. The van der Waals surface area contributed by atoms with Crippen molar-refractivity contribution in [2.45, 2.75) is 19.5 Å². The van der Waals surface area contributed by atoms with E-state index in [9.17, 15) is 9.18 Å². The fraction of sp³-hybridized carbons (Fsp3) is 0.417. The Morgan fingerprint density at radius 2 is 1.88 bits per heavy atom. The van der Waals surface area contributed by atoms with Crippen LogP contribution in [-0.2, 0) is 11.3 Å².